The number of carboxylic acid groups (broad SMARTS) is 1. The summed E-state index contributed by atoms with van der Waals surface area (Å²) in [6, 6.07) is 7.31. The molecule has 1 saturated heterocycles. The molecule has 1 aromatic carbocycles. The Morgan fingerprint density at radius 1 is 1.38 bits per heavy atom. The van der Waals surface area contributed by atoms with Crippen molar-refractivity contribution in [2.45, 2.75) is 26.1 Å². The van der Waals surface area contributed by atoms with Gasteiger partial charge in [0, 0.05) is 19.1 Å². The van der Waals surface area contributed by atoms with Crippen LogP contribution in [0.25, 0.3) is 0 Å². The van der Waals surface area contributed by atoms with Crippen molar-refractivity contribution in [3.63, 3.8) is 0 Å². The number of hydrogen-bond acceptors (Lipinski definition) is 2. The standard InChI is InChI=1S/C15H18F3NO2/c1-9-4-3-5-11(6-9)10(2)19-7-12(14(20)21)13(8-19)15(16,17)18/h3-6,10,12-13H,7-8H2,1-2H3,(H,20,21)/t10?,12-,13-/m1/s1. The first-order valence-electron chi connectivity index (χ1n) is 6.80. The van der Waals surface area contributed by atoms with Crippen LogP contribution in [-0.4, -0.2) is 35.2 Å². The molecule has 1 aliphatic rings. The number of carbonyl (C=O) groups is 1. The Balaban J connectivity index is 2.20. The molecule has 1 N–H and O–H groups in total. The summed E-state index contributed by atoms with van der Waals surface area (Å²) in [7, 11) is 0. The van der Waals surface area contributed by atoms with Gasteiger partial charge in [0.1, 0.15) is 0 Å². The molecule has 1 aromatic rings. The van der Waals surface area contributed by atoms with Gasteiger partial charge in [-0.3, -0.25) is 9.69 Å². The third-order valence-electron chi connectivity index (χ3n) is 4.16. The number of alkyl halides is 3. The van der Waals surface area contributed by atoms with E-state index in [0.29, 0.717) is 0 Å². The molecule has 1 aliphatic heterocycles. The summed E-state index contributed by atoms with van der Waals surface area (Å²) in [5.41, 5.74) is 1.93. The lowest BCUT2D eigenvalue weighted by molar-refractivity contribution is -0.188. The molecule has 0 radical (unpaired) electrons. The van der Waals surface area contributed by atoms with Gasteiger partial charge in [0.2, 0.25) is 0 Å². The number of halogens is 3. The van der Waals surface area contributed by atoms with Crippen LogP contribution >= 0.6 is 0 Å². The summed E-state index contributed by atoms with van der Waals surface area (Å²) >= 11 is 0. The summed E-state index contributed by atoms with van der Waals surface area (Å²) in [5.74, 6) is -4.57. The Bertz CT molecular complexity index is 530. The van der Waals surface area contributed by atoms with Crippen LogP contribution < -0.4 is 0 Å². The maximum atomic E-state index is 13.0. The van der Waals surface area contributed by atoms with Gasteiger partial charge in [0.15, 0.2) is 0 Å². The molecule has 0 saturated carbocycles. The van der Waals surface area contributed by atoms with E-state index >= 15 is 0 Å². The smallest absolute Gasteiger partial charge is 0.393 e. The van der Waals surface area contributed by atoms with E-state index in [4.69, 9.17) is 5.11 Å². The highest BCUT2D eigenvalue weighted by Crippen LogP contribution is 2.40. The van der Waals surface area contributed by atoms with E-state index in [1.807, 2.05) is 38.1 Å². The molecule has 21 heavy (non-hydrogen) atoms. The zero-order valence-corrected chi connectivity index (χ0v) is 11.9. The first-order chi connectivity index (χ1) is 9.70. The van der Waals surface area contributed by atoms with Gasteiger partial charge < -0.3 is 5.11 Å². The van der Waals surface area contributed by atoms with E-state index in [1.165, 1.54) is 0 Å². The van der Waals surface area contributed by atoms with Gasteiger partial charge in [0.05, 0.1) is 11.8 Å². The van der Waals surface area contributed by atoms with Crippen LogP contribution in [0.2, 0.25) is 0 Å². The minimum absolute atomic E-state index is 0.0748. The molecule has 3 nitrogen and oxygen atoms in total. The minimum atomic E-state index is -4.48. The van der Waals surface area contributed by atoms with E-state index < -0.39 is 24.0 Å². The van der Waals surface area contributed by atoms with Gasteiger partial charge in [0.25, 0.3) is 0 Å². The Kier molecular flexibility index (Phi) is 4.27. The van der Waals surface area contributed by atoms with Crippen molar-refractivity contribution in [2.75, 3.05) is 13.1 Å². The van der Waals surface area contributed by atoms with Crippen LogP contribution in [0.4, 0.5) is 13.2 Å². The number of benzene rings is 1. The van der Waals surface area contributed by atoms with E-state index in [-0.39, 0.29) is 19.1 Å². The lowest BCUT2D eigenvalue weighted by atomic mass is 9.96. The number of rotatable bonds is 3. The lowest BCUT2D eigenvalue weighted by Gasteiger charge is -2.25. The van der Waals surface area contributed by atoms with Crippen molar-refractivity contribution in [1.29, 1.82) is 0 Å². The Morgan fingerprint density at radius 3 is 2.52 bits per heavy atom. The van der Waals surface area contributed by atoms with Crippen LogP contribution in [0.1, 0.15) is 24.1 Å². The van der Waals surface area contributed by atoms with Crippen LogP contribution in [0.15, 0.2) is 24.3 Å². The number of carboxylic acids is 1. The molecule has 2 rings (SSSR count). The van der Waals surface area contributed by atoms with Crippen LogP contribution in [0.5, 0.6) is 0 Å². The normalized spacial score (nSPS) is 25.0. The molecular weight excluding hydrogens is 283 g/mol. The fourth-order valence-corrected chi connectivity index (χ4v) is 2.87. The zero-order valence-electron chi connectivity index (χ0n) is 11.9. The fraction of sp³-hybridized carbons (Fsp3) is 0.533. The van der Waals surface area contributed by atoms with Crippen LogP contribution in [0, 0.1) is 18.8 Å². The van der Waals surface area contributed by atoms with Crippen molar-refractivity contribution in [1.82, 2.24) is 4.90 Å². The molecule has 1 unspecified atom stereocenters. The molecule has 0 aliphatic carbocycles. The average molecular weight is 301 g/mol. The van der Waals surface area contributed by atoms with Crippen molar-refractivity contribution in [3.8, 4) is 0 Å². The number of aliphatic carboxylic acids is 1. The Morgan fingerprint density at radius 2 is 2.05 bits per heavy atom. The van der Waals surface area contributed by atoms with Crippen molar-refractivity contribution >= 4 is 5.97 Å². The topological polar surface area (TPSA) is 40.5 Å². The first kappa shape index (κ1) is 15.8. The van der Waals surface area contributed by atoms with Crippen molar-refractivity contribution in [3.05, 3.63) is 35.4 Å². The predicted octanol–water partition coefficient (Wildman–Crippen LogP) is 3.25. The average Bonchev–Trinajstić information content (AvgIpc) is 2.83. The van der Waals surface area contributed by atoms with E-state index in [2.05, 4.69) is 0 Å². The van der Waals surface area contributed by atoms with Gasteiger partial charge in [-0.15, -0.1) is 0 Å². The highest BCUT2D eigenvalue weighted by atomic mass is 19.4. The molecule has 1 fully saturated rings. The van der Waals surface area contributed by atoms with Gasteiger partial charge in [-0.1, -0.05) is 29.8 Å². The number of nitrogens with zero attached hydrogens (tertiary/aromatic N) is 1. The van der Waals surface area contributed by atoms with Crippen LogP contribution in [0.3, 0.4) is 0 Å². The van der Waals surface area contributed by atoms with E-state index in [0.717, 1.165) is 11.1 Å². The fourth-order valence-electron chi connectivity index (χ4n) is 2.87. The monoisotopic (exact) mass is 301 g/mol. The highest BCUT2D eigenvalue weighted by molar-refractivity contribution is 5.71. The molecule has 3 atom stereocenters. The summed E-state index contributed by atoms with van der Waals surface area (Å²) in [6.07, 6.45) is -4.48. The zero-order chi connectivity index (χ0) is 15.8. The third kappa shape index (κ3) is 3.37. The van der Waals surface area contributed by atoms with Crippen molar-refractivity contribution < 1.29 is 23.1 Å². The van der Waals surface area contributed by atoms with E-state index in [1.54, 1.807) is 4.90 Å². The number of aryl methyl sites for hydroxylation is 1. The van der Waals surface area contributed by atoms with E-state index in [9.17, 15) is 18.0 Å². The SMILES string of the molecule is Cc1cccc(C(C)N2C[C@@H](C(F)(F)F)[C@H](C(=O)O)C2)c1. The second kappa shape index (κ2) is 5.67. The molecule has 0 spiro atoms. The first-order valence-corrected chi connectivity index (χ1v) is 6.80. The third-order valence-corrected chi connectivity index (χ3v) is 4.16. The second-order valence-electron chi connectivity index (χ2n) is 5.64. The molecular formula is C15H18F3NO2. The number of likely N-dealkylation sites (tertiary alicyclic amines) is 1. The van der Waals surface area contributed by atoms with Gasteiger partial charge >= 0.3 is 12.1 Å². The number of hydrogen-bond donors (Lipinski definition) is 1. The summed E-state index contributed by atoms with van der Waals surface area (Å²) in [5, 5.41) is 9.03. The Hall–Kier alpha value is -1.56. The van der Waals surface area contributed by atoms with Gasteiger partial charge in [-0.25, -0.2) is 0 Å². The molecule has 1 heterocycles. The maximum Gasteiger partial charge on any atom is 0.393 e. The largest absolute Gasteiger partial charge is 0.481 e. The molecule has 6 heteroatoms. The van der Waals surface area contributed by atoms with Gasteiger partial charge in [-0.05, 0) is 19.4 Å². The van der Waals surface area contributed by atoms with Crippen molar-refractivity contribution in [2.24, 2.45) is 11.8 Å². The highest BCUT2D eigenvalue weighted by Gasteiger charge is 2.53. The van der Waals surface area contributed by atoms with Crippen LogP contribution in [-0.2, 0) is 4.79 Å². The lowest BCUT2D eigenvalue weighted by Crippen LogP contribution is -2.33. The Labute approximate surface area is 121 Å². The minimum Gasteiger partial charge on any atom is -0.481 e. The molecule has 0 bridgehead atoms. The molecule has 0 amide bonds. The summed E-state index contributed by atoms with van der Waals surface area (Å²) in [4.78, 5) is 12.7. The molecule has 0 aromatic heterocycles. The summed E-state index contributed by atoms with van der Waals surface area (Å²) < 4.78 is 39.0. The summed E-state index contributed by atoms with van der Waals surface area (Å²) in [6.45, 7) is 3.38. The molecule has 116 valence electrons. The quantitative estimate of drug-likeness (QED) is 0.931. The second-order valence-corrected chi connectivity index (χ2v) is 5.64. The maximum absolute atomic E-state index is 13.0. The predicted molar refractivity (Wildman–Crippen MR) is 71.8 cm³/mol. The van der Waals surface area contributed by atoms with Gasteiger partial charge in [-0.2, -0.15) is 13.2 Å².